The van der Waals surface area contributed by atoms with E-state index < -0.39 is 8.56 Å². The quantitative estimate of drug-likeness (QED) is 0.646. The molecule has 6 heteroatoms. The summed E-state index contributed by atoms with van der Waals surface area (Å²) >= 11 is 0. The van der Waals surface area contributed by atoms with Crippen molar-refractivity contribution < 1.29 is 24.5 Å². The van der Waals surface area contributed by atoms with Gasteiger partial charge < -0.3 is 24.5 Å². The molecule has 5 nitrogen and oxygen atoms in total. The molecule has 0 atom stereocenters. The summed E-state index contributed by atoms with van der Waals surface area (Å²) in [5.41, 5.74) is 0. The molecular weight excluding hydrogens is 240 g/mol. The van der Waals surface area contributed by atoms with Crippen LogP contribution in [-0.2, 0) is 8.85 Å². The highest BCUT2D eigenvalue weighted by Crippen LogP contribution is 2.15. The molecule has 0 rings (SSSR count). The summed E-state index contributed by atoms with van der Waals surface area (Å²) in [6.07, 6.45) is 1.66. The van der Waals surface area contributed by atoms with Gasteiger partial charge in [-0.2, -0.15) is 0 Å². The van der Waals surface area contributed by atoms with E-state index >= 15 is 0 Å². The highest BCUT2D eigenvalue weighted by Gasteiger charge is 2.29. The van der Waals surface area contributed by atoms with Crippen LogP contribution in [-0.4, -0.2) is 50.7 Å². The van der Waals surface area contributed by atoms with Crippen LogP contribution >= 0.6 is 0 Å². The van der Waals surface area contributed by atoms with Crippen molar-refractivity contribution in [3.8, 4) is 0 Å². The van der Waals surface area contributed by atoms with Crippen LogP contribution in [0.25, 0.3) is 0 Å². The zero-order chi connectivity index (χ0) is 12.9. The van der Waals surface area contributed by atoms with Crippen LogP contribution in [0.1, 0.15) is 33.6 Å². The maximum absolute atomic E-state index is 8.68. The largest absolute Gasteiger partial charge is 0.412 e. The fraction of sp³-hybridized carbons (Fsp3) is 1.00. The van der Waals surface area contributed by atoms with E-state index in [2.05, 4.69) is 6.55 Å². The number of rotatable bonds is 8. The summed E-state index contributed by atoms with van der Waals surface area (Å²) in [6.45, 7) is 9.88. The highest BCUT2D eigenvalue weighted by atomic mass is 28.4. The lowest BCUT2D eigenvalue weighted by atomic mass is 10.5. The molecule has 0 saturated heterocycles. The molecule has 0 aromatic rings. The van der Waals surface area contributed by atoms with Gasteiger partial charge in [0.15, 0.2) is 0 Å². The van der Waals surface area contributed by atoms with E-state index in [1.807, 2.05) is 20.8 Å². The molecule has 4 N–H and O–H groups in total. The average molecular weight is 270 g/mol. The van der Waals surface area contributed by atoms with Crippen LogP contribution < -0.4 is 0 Å². The van der Waals surface area contributed by atoms with Crippen molar-refractivity contribution in [1.82, 2.24) is 0 Å². The van der Waals surface area contributed by atoms with Crippen molar-refractivity contribution in [3.05, 3.63) is 0 Å². The highest BCUT2D eigenvalue weighted by molar-refractivity contribution is 6.66. The van der Waals surface area contributed by atoms with Gasteiger partial charge >= 0.3 is 8.56 Å². The molecule has 0 saturated carbocycles. The zero-order valence-corrected chi connectivity index (χ0v) is 12.7. The molecule has 0 bridgehead atoms. The van der Waals surface area contributed by atoms with Gasteiger partial charge in [0.1, 0.15) is 0 Å². The molecule has 0 radical (unpaired) electrons. The first kappa shape index (κ1) is 22.2. The van der Waals surface area contributed by atoms with Crippen LogP contribution in [0.4, 0.5) is 0 Å². The van der Waals surface area contributed by atoms with Gasteiger partial charge in [-0.25, -0.2) is 0 Å². The third-order valence-corrected chi connectivity index (χ3v) is 4.97. The van der Waals surface area contributed by atoms with Gasteiger partial charge in [-0.05, 0) is 39.3 Å². The second kappa shape index (κ2) is 16.0. The first-order valence-electron chi connectivity index (χ1n) is 6.09. The Kier molecular flexibility index (Phi) is 20.9. The normalized spacial score (nSPS) is 10.2. The Hall–Kier alpha value is 0.0169. The lowest BCUT2D eigenvalue weighted by molar-refractivity contribution is 0.184. The molecule has 0 aliphatic heterocycles. The lowest BCUT2D eigenvalue weighted by Crippen LogP contribution is -2.38. The predicted octanol–water partition coefficient (Wildman–Crippen LogP) is 1.08. The lowest BCUT2D eigenvalue weighted by Gasteiger charge is -2.25. The van der Waals surface area contributed by atoms with Crippen LogP contribution in [0, 0.1) is 0 Å². The standard InChI is InChI=1S/C8H20O3Si.C3H8O.H2O/c1-4-10-12(3,11-5-2)8-6-7-9;1-2-3-4;/h9H,4-8H2,1-3H3;4H,2-3H2,1H3;1H2. The minimum Gasteiger partial charge on any atom is -0.412 e. The maximum Gasteiger partial charge on any atom is 0.334 e. The second-order valence-electron chi connectivity index (χ2n) is 3.55. The molecule has 0 fully saturated rings. The molecule has 0 spiro atoms. The summed E-state index contributed by atoms with van der Waals surface area (Å²) in [5.74, 6) is 0. The minimum atomic E-state index is -1.93. The van der Waals surface area contributed by atoms with Crippen LogP contribution in [0.2, 0.25) is 12.6 Å². The average Bonchev–Trinajstić information content (AvgIpc) is 2.27. The Morgan fingerprint density at radius 3 is 1.59 bits per heavy atom. The Bertz CT molecular complexity index is 127. The summed E-state index contributed by atoms with van der Waals surface area (Å²) in [4.78, 5) is 0. The summed E-state index contributed by atoms with van der Waals surface area (Å²) in [6, 6.07) is 0.880. The first-order valence-corrected chi connectivity index (χ1v) is 8.62. The molecule has 0 aromatic heterocycles. The van der Waals surface area contributed by atoms with Crippen molar-refractivity contribution in [2.75, 3.05) is 26.4 Å². The molecule has 0 aliphatic carbocycles. The monoisotopic (exact) mass is 270 g/mol. The molecule has 0 aliphatic rings. The first-order chi connectivity index (χ1) is 7.60. The van der Waals surface area contributed by atoms with Gasteiger partial charge in [-0.15, -0.1) is 0 Å². The van der Waals surface area contributed by atoms with E-state index in [-0.39, 0.29) is 12.1 Å². The summed E-state index contributed by atoms with van der Waals surface area (Å²) in [7, 11) is -1.93. The van der Waals surface area contributed by atoms with E-state index in [4.69, 9.17) is 19.1 Å². The predicted molar refractivity (Wildman–Crippen MR) is 72.4 cm³/mol. The smallest absolute Gasteiger partial charge is 0.334 e. The Morgan fingerprint density at radius 2 is 1.35 bits per heavy atom. The molecule has 17 heavy (non-hydrogen) atoms. The van der Waals surface area contributed by atoms with Crippen molar-refractivity contribution in [2.24, 2.45) is 0 Å². The SMILES string of the molecule is CCCO.CCO[Si](C)(CCCO)OCC.O. The van der Waals surface area contributed by atoms with E-state index in [1.54, 1.807) is 0 Å². The molecule has 0 amide bonds. The van der Waals surface area contributed by atoms with Crippen molar-refractivity contribution in [1.29, 1.82) is 0 Å². The topological polar surface area (TPSA) is 90.4 Å². The van der Waals surface area contributed by atoms with Crippen molar-refractivity contribution >= 4 is 8.56 Å². The number of aliphatic hydroxyl groups is 2. The second-order valence-corrected chi connectivity index (χ2v) is 6.90. The molecule has 0 aromatic carbocycles. The zero-order valence-electron chi connectivity index (χ0n) is 11.7. The minimum absolute atomic E-state index is 0. The van der Waals surface area contributed by atoms with E-state index in [0.29, 0.717) is 19.8 Å². The fourth-order valence-electron chi connectivity index (χ4n) is 1.20. The van der Waals surface area contributed by atoms with E-state index in [0.717, 1.165) is 18.9 Å². The van der Waals surface area contributed by atoms with Gasteiger partial charge in [0.05, 0.1) is 0 Å². The summed E-state index contributed by atoms with van der Waals surface area (Å²) in [5, 5.41) is 16.6. The summed E-state index contributed by atoms with van der Waals surface area (Å²) < 4.78 is 11.2. The van der Waals surface area contributed by atoms with Crippen LogP contribution in [0.3, 0.4) is 0 Å². The third kappa shape index (κ3) is 16.0. The number of hydrogen-bond donors (Lipinski definition) is 2. The van der Waals surface area contributed by atoms with E-state index in [9.17, 15) is 0 Å². The van der Waals surface area contributed by atoms with Crippen molar-refractivity contribution in [2.45, 2.75) is 46.2 Å². The van der Waals surface area contributed by atoms with Gasteiger partial charge in [0, 0.05) is 26.4 Å². The van der Waals surface area contributed by atoms with Gasteiger partial charge in [0.25, 0.3) is 0 Å². The third-order valence-electron chi connectivity index (χ3n) is 1.91. The molecule has 0 unspecified atom stereocenters. The van der Waals surface area contributed by atoms with Gasteiger partial charge in [-0.1, -0.05) is 6.92 Å². The van der Waals surface area contributed by atoms with E-state index in [1.165, 1.54) is 0 Å². The molecular formula is C11H30O5Si. The van der Waals surface area contributed by atoms with Crippen molar-refractivity contribution in [3.63, 3.8) is 0 Å². The Labute approximate surface area is 106 Å². The van der Waals surface area contributed by atoms with Gasteiger partial charge in [0.2, 0.25) is 0 Å². The van der Waals surface area contributed by atoms with Gasteiger partial charge in [-0.3, -0.25) is 0 Å². The molecule has 108 valence electrons. The molecule has 0 heterocycles. The number of aliphatic hydroxyl groups excluding tert-OH is 2. The Balaban J connectivity index is -0.000000340. The fourth-order valence-corrected chi connectivity index (χ4v) is 3.59. The maximum atomic E-state index is 8.68. The van der Waals surface area contributed by atoms with Crippen LogP contribution in [0.15, 0.2) is 0 Å². The number of hydrogen-bond acceptors (Lipinski definition) is 4. The Morgan fingerprint density at radius 1 is 0.941 bits per heavy atom. The van der Waals surface area contributed by atoms with Crippen LogP contribution in [0.5, 0.6) is 0 Å².